The Labute approximate surface area is 192 Å². The minimum absolute atomic E-state index is 0.316. The molecule has 0 aromatic heterocycles. The van der Waals surface area contributed by atoms with Gasteiger partial charge < -0.3 is 9.47 Å². The molecule has 0 N–H and O–H groups in total. The van der Waals surface area contributed by atoms with Gasteiger partial charge in [-0.1, -0.05) is 76.6 Å². The first-order valence-electron chi connectivity index (χ1n) is 12.0. The fraction of sp³-hybridized carbons (Fsp3) is 0.429. The molecule has 0 saturated heterocycles. The highest BCUT2D eigenvalue weighted by Crippen LogP contribution is 2.21. The fourth-order valence-electron chi connectivity index (χ4n) is 3.62. The molecule has 2 aromatic carbocycles. The maximum Gasteiger partial charge on any atom is 0.363 e. The van der Waals surface area contributed by atoms with Crippen molar-refractivity contribution in [3.05, 3.63) is 70.9 Å². The van der Waals surface area contributed by atoms with Crippen molar-refractivity contribution in [2.45, 2.75) is 71.6 Å². The summed E-state index contributed by atoms with van der Waals surface area (Å²) in [4.78, 5) is 16.7. The predicted molar refractivity (Wildman–Crippen MR) is 131 cm³/mol. The van der Waals surface area contributed by atoms with Crippen LogP contribution in [0, 0.1) is 0 Å². The molecule has 32 heavy (non-hydrogen) atoms. The number of carbonyl (C=O) groups excluding carboxylic acids is 1. The molecule has 0 fully saturated rings. The summed E-state index contributed by atoms with van der Waals surface area (Å²) < 4.78 is 11.2. The number of unbranched alkanes of at least 4 members (excludes halogenated alkanes) is 6. The number of nitrogens with zero attached hydrogens (tertiary/aromatic N) is 1. The molecule has 2 aromatic rings. The summed E-state index contributed by atoms with van der Waals surface area (Å²) >= 11 is 0. The zero-order valence-corrected chi connectivity index (χ0v) is 19.4. The average Bonchev–Trinajstić information content (AvgIpc) is 3.18. The number of aliphatic imine (C=N–C) groups is 1. The number of aryl methyl sites for hydroxylation is 1. The average molecular weight is 434 g/mol. The van der Waals surface area contributed by atoms with Crippen LogP contribution in [-0.4, -0.2) is 18.5 Å². The first-order chi connectivity index (χ1) is 15.7. The molecule has 4 heteroatoms. The van der Waals surface area contributed by atoms with Gasteiger partial charge in [0.05, 0.1) is 6.61 Å². The normalized spacial score (nSPS) is 14.5. The zero-order valence-electron chi connectivity index (χ0n) is 19.4. The van der Waals surface area contributed by atoms with Gasteiger partial charge in [-0.3, -0.25) is 0 Å². The third kappa shape index (κ3) is 7.37. The quantitative estimate of drug-likeness (QED) is 0.192. The van der Waals surface area contributed by atoms with Crippen LogP contribution in [0.15, 0.2) is 59.2 Å². The van der Waals surface area contributed by atoms with Crippen molar-refractivity contribution >= 4 is 17.9 Å². The number of rotatable bonds is 13. The third-order valence-corrected chi connectivity index (χ3v) is 5.59. The number of hydrogen-bond donors (Lipinski definition) is 0. The van der Waals surface area contributed by atoms with Crippen LogP contribution >= 0.6 is 0 Å². The van der Waals surface area contributed by atoms with Gasteiger partial charge in [0.25, 0.3) is 0 Å². The summed E-state index contributed by atoms with van der Waals surface area (Å²) in [7, 11) is 0. The van der Waals surface area contributed by atoms with Crippen molar-refractivity contribution in [1.29, 1.82) is 0 Å². The van der Waals surface area contributed by atoms with E-state index in [1.165, 1.54) is 50.5 Å². The second-order valence-corrected chi connectivity index (χ2v) is 8.32. The van der Waals surface area contributed by atoms with Gasteiger partial charge in [-0.25, -0.2) is 9.79 Å². The summed E-state index contributed by atoms with van der Waals surface area (Å²) in [5.74, 6) is 0.794. The molecule has 170 valence electrons. The topological polar surface area (TPSA) is 47.9 Å². The molecule has 0 unspecified atom stereocenters. The number of hydrogen-bond acceptors (Lipinski definition) is 4. The standard InChI is InChI=1S/C28H35NO3/c1-3-5-7-8-9-10-20-31-25-18-14-23(15-19-25)21-26-28(30)32-27(29-26)24-16-12-22(13-17-24)11-6-4-2/h12-19,21H,3-11,20H2,1-2H3. The highest BCUT2D eigenvalue weighted by Gasteiger charge is 2.24. The number of cyclic esters (lactones) is 1. The smallest absolute Gasteiger partial charge is 0.363 e. The van der Waals surface area contributed by atoms with Gasteiger partial charge in [-0.05, 0) is 60.7 Å². The van der Waals surface area contributed by atoms with E-state index in [0.29, 0.717) is 11.6 Å². The van der Waals surface area contributed by atoms with Gasteiger partial charge in [0.15, 0.2) is 5.70 Å². The van der Waals surface area contributed by atoms with E-state index in [1.54, 1.807) is 6.08 Å². The van der Waals surface area contributed by atoms with Gasteiger partial charge in [-0.2, -0.15) is 0 Å². The monoisotopic (exact) mass is 433 g/mol. The molecule has 1 aliphatic heterocycles. The minimum atomic E-state index is -0.418. The van der Waals surface area contributed by atoms with Crippen LogP contribution < -0.4 is 4.74 Å². The lowest BCUT2D eigenvalue weighted by molar-refractivity contribution is -0.129. The van der Waals surface area contributed by atoms with Crippen LogP contribution in [0.2, 0.25) is 0 Å². The summed E-state index contributed by atoms with van der Waals surface area (Å²) in [6.07, 6.45) is 12.7. The molecular weight excluding hydrogens is 398 g/mol. The van der Waals surface area contributed by atoms with E-state index in [9.17, 15) is 4.79 Å². The second-order valence-electron chi connectivity index (χ2n) is 8.32. The van der Waals surface area contributed by atoms with Gasteiger partial charge in [0.1, 0.15) is 5.75 Å². The molecule has 0 radical (unpaired) electrons. The van der Waals surface area contributed by atoms with Crippen molar-refractivity contribution in [3.8, 4) is 5.75 Å². The third-order valence-electron chi connectivity index (χ3n) is 5.59. The Kier molecular flexibility index (Phi) is 9.55. The fourth-order valence-corrected chi connectivity index (χ4v) is 3.62. The van der Waals surface area contributed by atoms with Crippen molar-refractivity contribution in [2.75, 3.05) is 6.61 Å². The molecule has 0 spiro atoms. The van der Waals surface area contributed by atoms with Gasteiger partial charge in [0, 0.05) is 5.56 Å². The summed E-state index contributed by atoms with van der Waals surface area (Å²) in [5.41, 5.74) is 3.31. The lowest BCUT2D eigenvalue weighted by atomic mass is 10.1. The summed E-state index contributed by atoms with van der Waals surface area (Å²) in [5, 5.41) is 0. The maximum atomic E-state index is 12.3. The Morgan fingerprint density at radius 3 is 2.25 bits per heavy atom. The van der Waals surface area contributed by atoms with E-state index < -0.39 is 5.97 Å². The molecule has 3 rings (SSSR count). The van der Waals surface area contributed by atoms with Crippen molar-refractivity contribution in [3.63, 3.8) is 0 Å². The van der Waals surface area contributed by atoms with E-state index in [2.05, 4.69) is 31.0 Å². The van der Waals surface area contributed by atoms with Gasteiger partial charge in [-0.15, -0.1) is 0 Å². The summed E-state index contributed by atoms with van der Waals surface area (Å²) in [6, 6.07) is 15.8. The van der Waals surface area contributed by atoms with Crippen LogP contribution in [0.5, 0.6) is 5.75 Å². The molecule has 0 amide bonds. The van der Waals surface area contributed by atoms with Gasteiger partial charge >= 0.3 is 5.97 Å². The van der Waals surface area contributed by atoms with Gasteiger partial charge in [0.2, 0.25) is 5.90 Å². The maximum absolute atomic E-state index is 12.3. The zero-order chi connectivity index (χ0) is 22.6. The Hall–Kier alpha value is -2.88. The van der Waals surface area contributed by atoms with E-state index in [-0.39, 0.29) is 0 Å². The lowest BCUT2D eigenvalue weighted by Crippen LogP contribution is -2.05. The SMILES string of the molecule is CCCCCCCCOc1ccc(C=C2N=C(c3ccc(CCCC)cc3)OC2=O)cc1. The number of esters is 1. The first-order valence-corrected chi connectivity index (χ1v) is 12.0. The Morgan fingerprint density at radius 2 is 1.53 bits per heavy atom. The van der Waals surface area contributed by atoms with Crippen molar-refractivity contribution in [2.24, 2.45) is 4.99 Å². The van der Waals surface area contributed by atoms with E-state index >= 15 is 0 Å². The predicted octanol–water partition coefficient (Wildman–Crippen LogP) is 7.11. The number of ether oxygens (including phenoxy) is 2. The lowest BCUT2D eigenvalue weighted by Gasteiger charge is -2.06. The molecule has 0 saturated carbocycles. The van der Waals surface area contributed by atoms with Crippen LogP contribution in [0.1, 0.15) is 81.9 Å². The molecule has 0 aliphatic carbocycles. The Balaban J connectivity index is 1.53. The molecule has 0 bridgehead atoms. The Morgan fingerprint density at radius 1 is 0.844 bits per heavy atom. The van der Waals surface area contributed by atoms with Crippen LogP contribution in [0.25, 0.3) is 6.08 Å². The molecular formula is C28H35NO3. The highest BCUT2D eigenvalue weighted by molar-refractivity contribution is 6.12. The Bertz CT molecular complexity index is 911. The molecule has 0 atom stereocenters. The van der Waals surface area contributed by atoms with Crippen molar-refractivity contribution < 1.29 is 14.3 Å². The highest BCUT2D eigenvalue weighted by atomic mass is 16.6. The van der Waals surface area contributed by atoms with E-state index in [4.69, 9.17) is 9.47 Å². The number of carbonyl (C=O) groups is 1. The largest absolute Gasteiger partial charge is 0.494 e. The van der Waals surface area contributed by atoms with Crippen LogP contribution in [0.4, 0.5) is 0 Å². The molecule has 4 nitrogen and oxygen atoms in total. The van der Waals surface area contributed by atoms with E-state index in [0.717, 1.165) is 36.3 Å². The minimum Gasteiger partial charge on any atom is -0.494 e. The first kappa shape index (κ1) is 23.8. The number of benzene rings is 2. The second kappa shape index (κ2) is 12.8. The van der Waals surface area contributed by atoms with Crippen LogP contribution in [-0.2, 0) is 16.0 Å². The molecule has 1 heterocycles. The molecule has 1 aliphatic rings. The van der Waals surface area contributed by atoms with Crippen LogP contribution in [0.3, 0.4) is 0 Å². The summed E-state index contributed by atoms with van der Waals surface area (Å²) in [6.45, 7) is 5.16. The van der Waals surface area contributed by atoms with E-state index in [1.807, 2.05) is 36.4 Å². The van der Waals surface area contributed by atoms with Crippen molar-refractivity contribution in [1.82, 2.24) is 0 Å².